The number of aryl methyl sites for hydroxylation is 1. The summed E-state index contributed by atoms with van der Waals surface area (Å²) in [4.78, 5) is 45.7. The summed E-state index contributed by atoms with van der Waals surface area (Å²) in [7, 11) is 0. The van der Waals surface area contributed by atoms with Crippen molar-refractivity contribution in [3.05, 3.63) is 76.8 Å². The van der Waals surface area contributed by atoms with Gasteiger partial charge in [-0.25, -0.2) is 4.98 Å². The molecule has 1 aliphatic rings. The number of ketones is 2. The van der Waals surface area contributed by atoms with Crippen LogP contribution in [0.2, 0.25) is 0 Å². The molecule has 2 aromatic carbocycles. The first kappa shape index (κ1) is 29.8. The van der Waals surface area contributed by atoms with E-state index in [-0.39, 0.29) is 29.9 Å². The molecule has 6 nitrogen and oxygen atoms in total. The van der Waals surface area contributed by atoms with Crippen molar-refractivity contribution in [3.8, 4) is 0 Å². The van der Waals surface area contributed by atoms with Crippen LogP contribution in [-0.2, 0) is 33.6 Å². The molecule has 4 rings (SSSR count). The molecule has 1 N–H and O–H groups in total. The molecule has 0 unspecified atom stereocenters. The zero-order valence-corrected chi connectivity index (χ0v) is 24.6. The zero-order valence-electron chi connectivity index (χ0n) is 23.8. The molecule has 0 bridgehead atoms. The maximum atomic E-state index is 13.6. The number of Topliss-reactive ketones (excluding diaryl/α,β-unsaturated/α-hetero) is 2. The van der Waals surface area contributed by atoms with Crippen LogP contribution in [0.5, 0.6) is 0 Å². The Morgan fingerprint density at radius 1 is 1.05 bits per heavy atom. The third-order valence-electron chi connectivity index (χ3n) is 7.63. The maximum Gasteiger partial charge on any atom is 0.224 e. The molecule has 0 spiro atoms. The van der Waals surface area contributed by atoms with Crippen LogP contribution >= 0.6 is 11.3 Å². The summed E-state index contributed by atoms with van der Waals surface area (Å²) in [5.74, 6) is -0.640. The molecule has 40 heavy (non-hydrogen) atoms. The lowest BCUT2D eigenvalue weighted by Gasteiger charge is -2.23. The fourth-order valence-electron chi connectivity index (χ4n) is 5.36. The SMILES string of the molecule is C=C(CN1CCCC1)C(=O)CC[C@H](Cc1ccccc1)NC(=O)[C@@H](CC(C)=O)Cc1nc2ccc(CC)cc2s1. The van der Waals surface area contributed by atoms with Gasteiger partial charge in [-0.2, -0.15) is 0 Å². The van der Waals surface area contributed by atoms with Gasteiger partial charge in [0, 0.05) is 37.4 Å². The summed E-state index contributed by atoms with van der Waals surface area (Å²) in [5.41, 5.74) is 3.91. The Morgan fingerprint density at radius 3 is 2.50 bits per heavy atom. The zero-order chi connectivity index (χ0) is 28.5. The molecule has 1 aromatic heterocycles. The second-order valence-corrected chi connectivity index (χ2v) is 12.1. The molecule has 0 aliphatic carbocycles. The molecular formula is C33H41N3O3S. The highest BCUT2D eigenvalue weighted by atomic mass is 32.1. The number of carbonyl (C=O) groups excluding carboxylic acids is 3. The Morgan fingerprint density at radius 2 is 1.80 bits per heavy atom. The van der Waals surface area contributed by atoms with Crippen molar-refractivity contribution in [2.75, 3.05) is 19.6 Å². The topological polar surface area (TPSA) is 79.4 Å². The van der Waals surface area contributed by atoms with Gasteiger partial charge in [-0.3, -0.25) is 14.5 Å². The van der Waals surface area contributed by atoms with Crippen LogP contribution in [0, 0.1) is 5.92 Å². The minimum Gasteiger partial charge on any atom is -0.353 e. The van der Waals surface area contributed by atoms with Gasteiger partial charge >= 0.3 is 0 Å². The first-order valence-corrected chi connectivity index (χ1v) is 15.3. The van der Waals surface area contributed by atoms with E-state index in [1.807, 2.05) is 36.4 Å². The lowest BCUT2D eigenvalue weighted by Crippen LogP contribution is -2.41. The van der Waals surface area contributed by atoms with E-state index in [1.54, 1.807) is 11.3 Å². The van der Waals surface area contributed by atoms with Gasteiger partial charge in [0.15, 0.2) is 5.78 Å². The molecule has 1 aliphatic heterocycles. The minimum atomic E-state index is -0.511. The molecule has 0 saturated carbocycles. The van der Waals surface area contributed by atoms with Gasteiger partial charge in [-0.1, -0.05) is 49.9 Å². The number of nitrogens with one attached hydrogen (secondary N) is 1. The van der Waals surface area contributed by atoms with Gasteiger partial charge in [0.05, 0.1) is 21.1 Å². The number of hydrogen-bond donors (Lipinski definition) is 1. The Labute approximate surface area is 241 Å². The number of carbonyl (C=O) groups is 3. The summed E-state index contributed by atoms with van der Waals surface area (Å²) in [5, 5.41) is 4.06. The van der Waals surface area contributed by atoms with E-state index in [4.69, 9.17) is 4.98 Å². The van der Waals surface area contributed by atoms with Gasteiger partial charge in [-0.05, 0) is 75.4 Å². The predicted octanol–water partition coefficient (Wildman–Crippen LogP) is 5.73. The normalized spacial score (nSPS) is 15.2. The van der Waals surface area contributed by atoms with Crippen LogP contribution in [0.25, 0.3) is 10.2 Å². The van der Waals surface area contributed by atoms with Crippen LogP contribution in [0.4, 0.5) is 0 Å². The number of aromatic nitrogens is 1. The monoisotopic (exact) mass is 559 g/mol. The van der Waals surface area contributed by atoms with E-state index in [1.165, 1.54) is 25.3 Å². The molecule has 3 aromatic rings. The first-order chi connectivity index (χ1) is 19.3. The second kappa shape index (κ2) is 14.5. The van der Waals surface area contributed by atoms with E-state index >= 15 is 0 Å². The van der Waals surface area contributed by atoms with Crippen molar-refractivity contribution >= 4 is 39.0 Å². The predicted molar refractivity (Wildman–Crippen MR) is 163 cm³/mol. The molecule has 212 valence electrons. The molecule has 1 amide bonds. The number of likely N-dealkylation sites (tertiary alicyclic amines) is 1. The Balaban J connectivity index is 1.44. The number of benzene rings is 2. The van der Waals surface area contributed by atoms with Crippen LogP contribution < -0.4 is 5.32 Å². The van der Waals surface area contributed by atoms with Crippen molar-refractivity contribution in [1.29, 1.82) is 0 Å². The average Bonchev–Trinajstić information content (AvgIpc) is 3.60. The van der Waals surface area contributed by atoms with E-state index in [2.05, 4.69) is 35.9 Å². The highest BCUT2D eigenvalue weighted by Gasteiger charge is 2.26. The fourth-order valence-corrected chi connectivity index (χ4v) is 6.47. The van der Waals surface area contributed by atoms with Crippen molar-refractivity contribution in [3.63, 3.8) is 0 Å². The number of nitrogens with zero attached hydrogens (tertiary/aromatic N) is 2. The number of fused-ring (bicyclic) bond motifs is 1. The standard InChI is InChI=1S/C33H41N3O3S/c1-4-25-12-14-29-31(20-25)40-32(35-29)21-27(18-24(3)37)33(39)34-28(19-26-10-6-5-7-11-26)13-15-30(38)23(2)22-36-16-8-9-17-36/h5-7,10-12,14,20,27-28H,2,4,8-9,13,15-19,21-22H2,1,3H3,(H,34,39)/t27-,28+/m0/s1. The summed E-state index contributed by atoms with van der Waals surface area (Å²) in [6.45, 7) is 10.4. The molecule has 2 heterocycles. The molecule has 1 fully saturated rings. The third-order valence-corrected chi connectivity index (χ3v) is 8.67. The molecule has 2 atom stereocenters. The van der Waals surface area contributed by atoms with Gasteiger partial charge in [-0.15, -0.1) is 11.3 Å². The smallest absolute Gasteiger partial charge is 0.224 e. The van der Waals surface area contributed by atoms with Crippen LogP contribution in [0.3, 0.4) is 0 Å². The number of amides is 1. The summed E-state index contributed by atoms with van der Waals surface area (Å²) in [6, 6.07) is 16.0. The number of rotatable bonds is 15. The quantitative estimate of drug-likeness (QED) is 0.241. The Bertz CT molecular complexity index is 1330. The van der Waals surface area contributed by atoms with Gasteiger partial charge < -0.3 is 10.1 Å². The van der Waals surface area contributed by atoms with Crippen molar-refractivity contribution in [1.82, 2.24) is 15.2 Å². The summed E-state index contributed by atoms with van der Waals surface area (Å²) in [6.07, 6.45) is 5.34. The van der Waals surface area contributed by atoms with Gasteiger partial charge in [0.25, 0.3) is 0 Å². The molecular weight excluding hydrogens is 518 g/mol. The molecule has 7 heteroatoms. The third kappa shape index (κ3) is 8.67. The second-order valence-electron chi connectivity index (χ2n) is 11.0. The van der Waals surface area contributed by atoms with Gasteiger partial charge in [0.1, 0.15) is 5.78 Å². The van der Waals surface area contributed by atoms with E-state index in [0.717, 1.165) is 40.3 Å². The lowest BCUT2D eigenvalue weighted by atomic mass is 9.95. The van der Waals surface area contributed by atoms with Crippen molar-refractivity contribution in [2.24, 2.45) is 5.92 Å². The van der Waals surface area contributed by atoms with Crippen LogP contribution in [-0.4, -0.2) is 53.0 Å². The minimum absolute atomic E-state index is 0.0254. The first-order valence-electron chi connectivity index (χ1n) is 14.5. The highest BCUT2D eigenvalue weighted by molar-refractivity contribution is 7.18. The van der Waals surface area contributed by atoms with Crippen molar-refractivity contribution in [2.45, 2.75) is 71.3 Å². The largest absolute Gasteiger partial charge is 0.353 e. The van der Waals surface area contributed by atoms with Crippen LogP contribution in [0.15, 0.2) is 60.7 Å². The highest BCUT2D eigenvalue weighted by Crippen LogP contribution is 2.26. The van der Waals surface area contributed by atoms with E-state index in [9.17, 15) is 14.4 Å². The van der Waals surface area contributed by atoms with E-state index in [0.29, 0.717) is 37.8 Å². The lowest BCUT2D eigenvalue weighted by molar-refractivity contribution is -0.129. The van der Waals surface area contributed by atoms with Crippen molar-refractivity contribution < 1.29 is 14.4 Å². The van der Waals surface area contributed by atoms with Crippen LogP contribution in [0.1, 0.15) is 62.1 Å². The maximum absolute atomic E-state index is 13.6. The number of thiazole rings is 1. The van der Waals surface area contributed by atoms with Gasteiger partial charge in [0.2, 0.25) is 5.91 Å². The summed E-state index contributed by atoms with van der Waals surface area (Å²) < 4.78 is 1.10. The number of hydrogen-bond acceptors (Lipinski definition) is 6. The Hall–Kier alpha value is -3.16. The fraction of sp³-hybridized carbons (Fsp3) is 0.455. The molecule has 0 radical (unpaired) electrons. The summed E-state index contributed by atoms with van der Waals surface area (Å²) >= 11 is 1.59. The molecule has 1 saturated heterocycles. The van der Waals surface area contributed by atoms with E-state index < -0.39 is 5.92 Å². The Kier molecular flexibility index (Phi) is 10.8. The average molecular weight is 560 g/mol.